The van der Waals surface area contributed by atoms with Crippen LogP contribution in [0.2, 0.25) is 0 Å². The molecule has 2 aromatic rings. The maximum absolute atomic E-state index is 14.7. The predicted octanol–water partition coefficient (Wildman–Crippen LogP) is 7.89. The van der Waals surface area contributed by atoms with Gasteiger partial charge in [0.1, 0.15) is 5.75 Å². The fourth-order valence-electron chi connectivity index (χ4n) is 5.86. The molecule has 1 atom stereocenters. The molecule has 1 saturated carbocycles. The zero-order valence-electron chi connectivity index (χ0n) is 21.6. The number of phenols is 1. The van der Waals surface area contributed by atoms with Crippen LogP contribution in [0.4, 0.5) is 4.39 Å². The number of hydrogen-bond acceptors (Lipinski definition) is 3. The van der Waals surface area contributed by atoms with Crippen LogP contribution < -0.4 is 4.74 Å². The highest BCUT2D eigenvalue weighted by Gasteiger charge is 2.32. The van der Waals surface area contributed by atoms with E-state index in [1.807, 2.05) is 26.0 Å². The number of benzene rings is 2. The van der Waals surface area contributed by atoms with Crippen molar-refractivity contribution in [2.24, 2.45) is 11.3 Å². The number of halogens is 2. The van der Waals surface area contributed by atoms with Gasteiger partial charge in [-0.05, 0) is 91.2 Å². The number of methoxy groups -OCH3 is 1. The first-order chi connectivity index (χ1) is 15.6. The highest BCUT2D eigenvalue weighted by molar-refractivity contribution is 5.85. The van der Waals surface area contributed by atoms with Crippen LogP contribution >= 0.6 is 12.4 Å². The van der Waals surface area contributed by atoms with Gasteiger partial charge in [-0.2, -0.15) is 0 Å². The quantitative estimate of drug-likeness (QED) is 0.463. The van der Waals surface area contributed by atoms with E-state index in [0.29, 0.717) is 17.0 Å². The highest BCUT2D eigenvalue weighted by Crippen LogP contribution is 2.45. The summed E-state index contributed by atoms with van der Waals surface area (Å²) >= 11 is 0. The average Bonchev–Trinajstić information content (AvgIpc) is 2.77. The fourth-order valence-corrected chi connectivity index (χ4v) is 5.86. The third-order valence-electron chi connectivity index (χ3n) is 8.13. The summed E-state index contributed by atoms with van der Waals surface area (Å²) in [7, 11) is 1.68. The van der Waals surface area contributed by atoms with E-state index in [1.165, 1.54) is 42.9 Å². The Morgan fingerprint density at radius 2 is 1.85 bits per heavy atom. The Hall–Kier alpha value is -1.78. The van der Waals surface area contributed by atoms with Crippen molar-refractivity contribution in [3.8, 4) is 22.6 Å². The van der Waals surface area contributed by atoms with Crippen molar-refractivity contribution in [1.82, 2.24) is 4.90 Å². The number of rotatable bonds is 5. The first-order valence-corrected chi connectivity index (χ1v) is 12.6. The SMILES string of the molecule is COc1ccc2c(c1-c1cc(F)c(O)c(C(C)C)c1)CCN(CC1CCC(C)(C)CC1)[C@@H]2C.Cl. The van der Waals surface area contributed by atoms with Crippen LogP contribution in [-0.4, -0.2) is 30.2 Å². The summed E-state index contributed by atoms with van der Waals surface area (Å²) in [5.41, 5.74) is 5.46. The van der Waals surface area contributed by atoms with Gasteiger partial charge in [0.15, 0.2) is 11.6 Å². The highest BCUT2D eigenvalue weighted by atomic mass is 35.5. The number of hydrogen-bond donors (Lipinski definition) is 1. The topological polar surface area (TPSA) is 32.7 Å². The first kappa shape index (κ1) is 26.8. The maximum atomic E-state index is 14.7. The molecule has 188 valence electrons. The molecule has 2 aromatic carbocycles. The molecule has 34 heavy (non-hydrogen) atoms. The van der Waals surface area contributed by atoms with E-state index in [4.69, 9.17) is 4.74 Å². The van der Waals surface area contributed by atoms with Crippen LogP contribution in [0.25, 0.3) is 11.1 Å². The van der Waals surface area contributed by atoms with E-state index >= 15 is 0 Å². The molecule has 0 amide bonds. The van der Waals surface area contributed by atoms with Crippen molar-refractivity contribution in [2.45, 2.75) is 78.7 Å². The summed E-state index contributed by atoms with van der Waals surface area (Å²) in [6.45, 7) is 13.2. The summed E-state index contributed by atoms with van der Waals surface area (Å²) in [6.07, 6.45) is 6.21. The third kappa shape index (κ3) is 5.23. The van der Waals surface area contributed by atoms with Gasteiger partial charge < -0.3 is 9.84 Å². The van der Waals surface area contributed by atoms with Gasteiger partial charge in [0.25, 0.3) is 0 Å². The molecule has 0 saturated heterocycles. The minimum absolute atomic E-state index is 0. The minimum atomic E-state index is -0.568. The Bertz CT molecular complexity index is 1010. The van der Waals surface area contributed by atoms with Gasteiger partial charge in [-0.1, -0.05) is 33.8 Å². The second-order valence-electron chi connectivity index (χ2n) is 11.3. The van der Waals surface area contributed by atoms with Crippen molar-refractivity contribution in [3.05, 3.63) is 46.8 Å². The first-order valence-electron chi connectivity index (χ1n) is 12.6. The average molecular weight is 490 g/mol. The van der Waals surface area contributed by atoms with Gasteiger partial charge in [-0.3, -0.25) is 4.90 Å². The van der Waals surface area contributed by atoms with Crippen LogP contribution in [0.3, 0.4) is 0 Å². The van der Waals surface area contributed by atoms with E-state index in [1.54, 1.807) is 7.11 Å². The Morgan fingerprint density at radius 1 is 1.18 bits per heavy atom. The van der Waals surface area contributed by atoms with Crippen LogP contribution in [0.5, 0.6) is 11.5 Å². The van der Waals surface area contributed by atoms with Gasteiger partial charge in [-0.25, -0.2) is 4.39 Å². The Morgan fingerprint density at radius 3 is 2.47 bits per heavy atom. The van der Waals surface area contributed by atoms with Gasteiger partial charge in [0, 0.05) is 30.3 Å². The Balaban J connectivity index is 0.00000324. The molecule has 1 N–H and O–H groups in total. The fraction of sp³-hybridized carbons (Fsp3) is 0.586. The molecule has 1 heterocycles. The summed E-state index contributed by atoms with van der Waals surface area (Å²) in [4.78, 5) is 2.64. The number of ether oxygens (including phenoxy) is 1. The van der Waals surface area contributed by atoms with Crippen molar-refractivity contribution in [2.75, 3.05) is 20.2 Å². The number of fused-ring (bicyclic) bond motifs is 1. The number of nitrogens with zero attached hydrogens (tertiary/aromatic N) is 1. The molecule has 0 bridgehead atoms. The molecule has 4 rings (SSSR count). The zero-order valence-corrected chi connectivity index (χ0v) is 22.4. The molecule has 5 heteroatoms. The lowest BCUT2D eigenvalue weighted by molar-refractivity contribution is 0.116. The molecule has 0 radical (unpaired) electrons. The summed E-state index contributed by atoms with van der Waals surface area (Å²) in [6, 6.07) is 7.93. The molecule has 0 unspecified atom stereocenters. The summed E-state index contributed by atoms with van der Waals surface area (Å²) < 4.78 is 20.4. The molecule has 1 aliphatic carbocycles. The van der Waals surface area contributed by atoms with Crippen molar-refractivity contribution in [1.29, 1.82) is 0 Å². The van der Waals surface area contributed by atoms with E-state index in [2.05, 4.69) is 31.7 Å². The van der Waals surface area contributed by atoms with Crippen LogP contribution in [0.15, 0.2) is 24.3 Å². The maximum Gasteiger partial charge on any atom is 0.165 e. The van der Waals surface area contributed by atoms with Crippen LogP contribution in [0.1, 0.15) is 89.0 Å². The van der Waals surface area contributed by atoms with E-state index in [-0.39, 0.29) is 24.1 Å². The molecular weight excluding hydrogens is 449 g/mol. The molecule has 2 aliphatic rings. The Labute approximate surface area is 211 Å². The number of phenolic OH excluding ortho intramolecular Hbond substituents is 1. The standard InChI is InChI=1S/C29H40FNO2.ClH/c1-18(2)24-15-21(16-25(30)28(24)32)27-23-11-14-31(17-20-9-12-29(4,5)13-10-20)19(3)22(23)7-8-26(27)33-6;/h7-8,15-16,18-20,32H,9-14,17H2,1-6H3;1H/t19-;/m1./s1. The molecule has 1 fully saturated rings. The normalized spacial score (nSPS) is 20.6. The van der Waals surface area contributed by atoms with E-state index in [9.17, 15) is 9.50 Å². The second kappa shape index (κ2) is 10.5. The molecule has 0 spiro atoms. The largest absolute Gasteiger partial charge is 0.505 e. The third-order valence-corrected chi connectivity index (χ3v) is 8.13. The Kier molecular flexibility index (Phi) is 8.25. The summed E-state index contributed by atoms with van der Waals surface area (Å²) in [5, 5.41) is 10.3. The van der Waals surface area contributed by atoms with Crippen molar-refractivity contribution < 1.29 is 14.2 Å². The lowest BCUT2D eigenvalue weighted by Gasteiger charge is -2.41. The van der Waals surface area contributed by atoms with E-state index < -0.39 is 5.82 Å². The zero-order chi connectivity index (χ0) is 23.9. The number of aromatic hydroxyl groups is 1. The molecule has 3 nitrogen and oxygen atoms in total. The van der Waals surface area contributed by atoms with Crippen LogP contribution in [-0.2, 0) is 6.42 Å². The molecule has 0 aromatic heterocycles. The van der Waals surface area contributed by atoms with Crippen molar-refractivity contribution in [3.63, 3.8) is 0 Å². The lowest BCUT2D eigenvalue weighted by atomic mass is 9.73. The second-order valence-corrected chi connectivity index (χ2v) is 11.3. The van der Waals surface area contributed by atoms with Gasteiger partial charge >= 0.3 is 0 Å². The monoisotopic (exact) mass is 489 g/mol. The van der Waals surface area contributed by atoms with E-state index in [0.717, 1.165) is 42.3 Å². The predicted molar refractivity (Wildman–Crippen MR) is 141 cm³/mol. The summed E-state index contributed by atoms with van der Waals surface area (Å²) in [5.74, 6) is 0.761. The van der Waals surface area contributed by atoms with Gasteiger partial charge in [0.2, 0.25) is 0 Å². The molecular formula is C29H41ClFNO2. The van der Waals surface area contributed by atoms with Gasteiger partial charge in [0.05, 0.1) is 7.11 Å². The van der Waals surface area contributed by atoms with Gasteiger partial charge in [-0.15, -0.1) is 12.4 Å². The lowest BCUT2D eigenvalue weighted by Crippen LogP contribution is -2.39. The molecule has 1 aliphatic heterocycles. The minimum Gasteiger partial charge on any atom is -0.505 e. The smallest absolute Gasteiger partial charge is 0.165 e. The van der Waals surface area contributed by atoms with Crippen molar-refractivity contribution >= 4 is 12.4 Å². The van der Waals surface area contributed by atoms with Crippen LogP contribution in [0, 0.1) is 17.2 Å².